The molecule has 0 aromatic heterocycles. The smallest absolute Gasteiger partial charge is 0.272 e. The molecule has 1 aromatic carbocycles. The number of rotatable bonds is 4. The summed E-state index contributed by atoms with van der Waals surface area (Å²) < 4.78 is 18.6. The molecular formula is C12H13FN2O4. The summed E-state index contributed by atoms with van der Waals surface area (Å²) in [5.41, 5.74) is -0.699. The van der Waals surface area contributed by atoms with Gasteiger partial charge in [0.25, 0.3) is 11.6 Å². The minimum atomic E-state index is -0.901. The summed E-state index contributed by atoms with van der Waals surface area (Å²) in [7, 11) is 0. The molecule has 1 heterocycles. The maximum absolute atomic E-state index is 13.6. The van der Waals surface area contributed by atoms with Crippen LogP contribution >= 0.6 is 0 Å². The summed E-state index contributed by atoms with van der Waals surface area (Å²) in [6, 6.07) is 2.96. The SMILES string of the molecule is CC1(CNC(=O)c2ccc([N+](=O)[O-])cc2F)COC1. The number of amides is 1. The van der Waals surface area contributed by atoms with Gasteiger partial charge in [-0.15, -0.1) is 0 Å². The fourth-order valence-corrected chi connectivity index (χ4v) is 1.74. The number of ether oxygens (including phenoxy) is 1. The van der Waals surface area contributed by atoms with Gasteiger partial charge >= 0.3 is 0 Å². The molecule has 102 valence electrons. The zero-order valence-electron chi connectivity index (χ0n) is 10.3. The monoisotopic (exact) mass is 268 g/mol. The van der Waals surface area contributed by atoms with Gasteiger partial charge in [-0.25, -0.2) is 4.39 Å². The Morgan fingerprint density at radius 2 is 2.26 bits per heavy atom. The van der Waals surface area contributed by atoms with Gasteiger partial charge in [0.15, 0.2) is 0 Å². The normalized spacial score (nSPS) is 16.5. The molecule has 19 heavy (non-hydrogen) atoms. The minimum Gasteiger partial charge on any atom is -0.380 e. The molecule has 0 spiro atoms. The highest BCUT2D eigenvalue weighted by molar-refractivity contribution is 5.94. The van der Waals surface area contributed by atoms with Crippen molar-refractivity contribution in [1.82, 2.24) is 5.32 Å². The third kappa shape index (κ3) is 2.87. The molecule has 1 N–H and O–H groups in total. The van der Waals surface area contributed by atoms with Gasteiger partial charge in [-0.3, -0.25) is 14.9 Å². The molecule has 0 saturated carbocycles. The molecule has 7 heteroatoms. The molecule has 1 aliphatic heterocycles. The molecule has 1 aliphatic rings. The van der Waals surface area contributed by atoms with Crippen LogP contribution in [-0.2, 0) is 4.74 Å². The summed E-state index contributed by atoms with van der Waals surface area (Å²) in [4.78, 5) is 21.5. The standard InChI is InChI=1S/C12H13FN2O4/c1-12(6-19-7-12)5-14-11(16)9-3-2-8(15(17)18)4-10(9)13/h2-4H,5-7H2,1H3,(H,14,16). The number of halogens is 1. The number of nitro groups is 1. The van der Waals surface area contributed by atoms with Gasteiger partial charge in [-0.1, -0.05) is 6.92 Å². The fourth-order valence-electron chi connectivity index (χ4n) is 1.74. The van der Waals surface area contributed by atoms with E-state index < -0.39 is 16.6 Å². The summed E-state index contributed by atoms with van der Waals surface area (Å²) >= 11 is 0. The molecule has 2 rings (SSSR count). The van der Waals surface area contributed by atoms with Crippen molar-refractivity contribution in [2.75, 3.05) is 19.8 Å². The number of carbonyl (C=O) groups excluding carboxylic acids is 1. The second-order valence-corrected chi connectivity index (χ2v) is 4.91. The van der Waals surface area contributed by atoms with Crippen molar-refractivity contribution in [2.24, 2.45) is 5.41 Å². The van der Waals surface area contributed by atoms with Crippen LogP contribution in [0.4, 0.5) is 10.1 Å². The Balaban J connectivity index is 2.04. The van der Waals surface area contributed by atoms with Crippen molar-refractivity contribution in [3.8, 4) is 0 Å². The first kappa shape index (κ1) is 13.4. The molecule has 0 unspecified atom stereocenters. The summed E-state index contributed by atoms with van der Waals surface area (Å²) in [5, 5.41) is 13.1. The van der Waals surface area contributed by atoms with Crippen LogP contribution in [0, 0.1) is 21.3 Å². The number of nitrogens with one attached hydrogen (secondary N) is 1. The lowest BCUT2D eigenvalue weighted by Gasteiger charge is -2.38. The Labute approximate surface area is 108 Å². The Morgan fingerprint density at radius 1 is 1.58 bits per heavy atom. The number of hydrogen-bond acceptors (Lipinski definition) is 4. The van der Waals surface area contributed by atoms with Gasteiger partial charge in [-0.2, -0.15) is 0 Å². The van der Waals surface area contributed by atoms with Crippen molar-refractivity contribution >= 4 is 11.6 Å². The van der Waals surface area contributed by atoms with Crippen molar-refractivity contribution in [3.05, 3.63) is 39.7 Å². The molecule has 1 amide bonds. The van der Waals surface area contributed by atoms with Crippen molar-refractivity contribution < 1.29 is 18.8 Å². The van der Waals surface area contributed by atoms with Crippen molar-refractivity contribution in [1.29, 1.82) is 0 Å². The molecular weight excluding hydrogens is 255 g/mol. The predicted molar refractivity (Wildman–Crippen MR) is 64.3 cm³/mol. The quantitative estimate of drug-likeness (QED) is 0.662. The lowest BCUT2D eigenvalue weighted by atomic mass is 9.88. The average molecular weight is 268 g/mol. The van der Waals surface area contributed by atoms with Crippen LogP contribution in [0.1, 0.15) is 17.3 Å². The molecule has 0 bridgehead atoms. The second kappa shape index (κ2) is 4.93. The summed E-state index contributed by atoms with van der Waals surface area (Å²) in [6.07, 6.45) is 0. The summed E-state index contributed by atoms with van der Waals surface area (Å²) in [6.45, 7) is 3.43. The van der Waals surface area contributed by atoms with E-state index in [1.165, 1.54) is 0 Å². The van der Waals surface area contributed by atoms with E-state index in [0.717, 1.165) is 18.2 Å². The lowest BCUT2D eigenvalue weighted by molar-refractivity contribution is -0.385. The number of non-ortho nitro benzene ring substituents is 1. The number of benzene rings is 1. The van der Waals surface area contributed by atoms with Crippen LogP contribution in [0.25, 0.3) is 0 Å². The van der Waals surface area contributed by atoms with Crippen LogP contribution in [0.5, 0.6) is 0 Å². The van der Waals surface area contributed by atoms with Gasteiger partial charge in [-0.05, 0) is 6.07 Å². The average Bonchev–Trinajstić information content (AvgIpc) is 2.33. The molecule has 0 aliphatic carbocycles. The Kier molecular flexibility index (Phi) is 3.48. The van der Waals surface area contributed by atoms with Crippen molar-refractivity contribution in [2.45, 2.75) is 6.92 Å². The number of nitrogens with zero attached hydrogens (tertiary/aromatic N) is 1. The van der Waals surface area contributed by atoms with E-state index in [2.05, 4.69) is 5.32 Å². The highest BCUT2D eigenvalue weighted by Crippen LogP contribution is 2.25. The Bertz CT molecular complexity index is 528. The molecule has 1 fully saturated rings. The van der Waals surface area contributed by atoms with E-state index in [9.17, 15) is 19.3 Å². The third-order valence-electron chi connectivity index (χ3n) is 2.98. The van der Waals surface area contributed by atoms with Gasteiger partial charge < -0.3 is 10.1 Å². The Hall–Kier alpha value is -2.02. The first-order valence-electron chi connectivity index (χ1n) is 5.71. The van der Waals surface area contributed by atoms with E-state index in [0.29, 0.717) is 19.8 Å². The number of hydrogen-bond donors (Lipinski definition) is 1. The highest BCUT2D eigenvalue weighted by Gasteiger charge is 2.33. The maximum Gasteiger partial charge on any atom is 0.272 e. The molecule has 0 atom stereocenters. The van der Waals surface area contributed by atoms with Gasteiger partial charge in [0, 0.05) is 18.0 Å². The van der Waals surface area contributed by atoms with Crippen LogP contribution < -0.4 is 5.32 Å². The van der Waals surface area contributed by atoms with Gasteiger partial charge in [0.2, 0.25) is 0 Å². The topological polar surface area (TPSA) is 81.5 Å². The Morgan fingerprint density at radius 3 is 2.74 bits per heavy atom. The van der Waals surface area contributed by atoms with Crippen LogP contribution in [0.3, 0.4) is 0 Å². The molecule has 6 nitrogen and oxygen atoms in total. The van der Waals surface area contributed by atoms with Crippen LogP contribution in [0.15, 0.2) is 18.2 Å². The third-order valence-corrected chi connectivity index (χ3v) is 2.98. The van der Waals surface area contributed by atoms with E-state index in [1.807, 2.05) is 6.92 Å². The molecule has 1 saturated heterocycles. The maximum atomic E-state index is 13.6. The molecule has 0 radical (unpaired) electrons. The second-order valence-electron chi connectivity index (χ2n) is 4.91. The number of nitro benzene ring substituents is 1. The van der Waals surface area contributed by atoms with Gasteiger partial charge in [0.05, 0.1) is 29.8 Å². The van der Waals surface area contributed by atoms with E-state index in [4.69, 9.17) is 4.74 Å². The zero-order chi connectivity index (χ0) is 14.0. The zero-order valence-corrected chi connectivity index (χ0v) is 10.3. The van der Waals surface area contributed by atoms with Crippen LogP contribution in [0.2, 0.25) is 0 Å². The van der Waals surface area contributed by atoms with Gasteiger partial charge in [0.1, 0.15) is 5.82 Å². The lowest BCUT2D eigenvalue weighted by Crippen LogP contribution is -2.48. The first-order valence-corrected chi connectivity index (χ1v) is 5.71. The number of carbonyl (C=O) groups is 1. The van der Waals surface area contributed by atoms with E-state index >= 15 is 0 Å². The van der Waals surface area contributed by atoms with Crippen LogP contribution in [-0.4, -0.2) is 30.6 Å². The van der Waals surface area contributed by atoms with E-state index in [-0.39, 0.29) is 16.7 Å². The molecule has 1 aromatic rings. The largest absolute Gasteiger partial charge is 0.380 e. The predicted octanol–water partition coefficient (Wildman–Crippen LogP) is 1.50. The summed E-state index contributed by atoms with van der Waals surface area (Å²) in [5.74, 6) is -1.48. The minimum absolute atomic E-state index is 0.118. The van der Waals surface area contributed by atoms with Crippen molar-refractivity contribution in [3.63, 3.8) is 0 Å². The fraction of sp³-hybridized carbons (Fsp3) is 0.417. The first-order chi connectivity index (χ1) is 8.91. The highest BCUT2D eigenvalue weighted by atomic mass is 19.1. The van der Waals surface area contributed by atoms with E-state index in [1.54, 1.807) is 0 Å².